The second-order valence-corrected chi connectivity index (χ2v) is 9.45. The molecule has 0 N–H and O–H groups in total. The lowest BCUT2D eigenvalue weighted by Gasteiger charge is -2.18. The third-order valence-electron chi connectivity index (χ3n) is 5.94. The van der Waals surface area contributed by atoms with Crippen LogP contribution in [0.1, 0.15) is 48.0 Å². The summed E-state index contributed by atoms with van der Waals surface area (Å²) in [5, 5.41) is 0. The summed E-state index contributed by atoms with van der Waals surface area (Å²) in [6, 6.07) is 23.9. The Kier molecular flexibility index (Phi) is 6.56. The van der Waals surface area contributed by atoms with Crippen LogP contribution in [-0.4, -0.2) is 21.5 Å². The molecule has 6 nitrogen and oxygen atoms in total. The van der Waals surface area contributed by atoms with Gasteiger partial charge < -0.3 is 4.74 Å². The first-order valence-electron chi connectivity index (χ1n) is 11.5. The number of benzene rings is 3. The topological polar surface area (TPSA) is 65.6 Å². The van der Waals surface area contributed by atoms with E-state index >= 15 is 0 Å². The van der Waals surface area contributed by atoms with E-state index in [1.165, 1.54) is 0 Å². The molecule has 178 valence electrons. The average molecular weight is 468 g/mol. The van der Waals surface area contributed by atoms with Crippen LogP contribution >= 0.6 is 0 Å². The first-order valence-corrected chi connectivity index (χ1v) is 11.5. The molecule has 0 spiro atoms. The van der Waals surface area contributed by atoms with Gasteiger partial charge in [-0.2, -0.15) is 0 Å². The molecule has 0 saturated carbocycles. The summed E-state index contributed by atoms with van der Waals surface area (Å²) >= 11 is 0. The SMILES string of the molecule is Cc1c(N=Cc2ccc(OC(=O)c3ccc(C(C)(C)C)cc3)cc2)c(=O)n(-c2ccccc2)n1C. The van der Waals surface area contributed by atoms with Crippen LogP contribution in [0, 0.1) is 6.92 Å². The fourth-order valence-corrected chi connectivity index (χ4v) is 3.74. The largest absolute Gasteiger partial charge is 0.423 e. The summed E-state index contributed by atoms with van der Waals surface area (Å²) in [6.45, 7) is 8.25. The van der Waals surface area contributed by atoms with Crippen LogP contribution in [0.4, 0.5) is 5.69 Å². The fourth-order valence-electron chi connectivity index (χ4n) is 3.74. The van der Waals surface area contributed by atoms with E-state index in [1.807, 2.05) is 56.4 Å². The minimum absolute atomic E-state index is 0.0206. The zero-order valence-corrected chi connectivity index (χ0v) is 20.6. The van der Waals surface area contributed by atoms with Crippen molar-refractivity contribution in [2.24, 2.45) is 12.0 Å². The minimum Gasteiger partial charge on any atom is -0.423 e. The molecule has 0 radical (unpaired) electrons. The Morgan fingerprint density at radius 2 is 1.54 bits per heavy atom. The highest BCUT2D eigenvalue weighted by atomic mass is 16.5. The molecular weight excluding hydrogens is 438 g/mol. The van der Waals surface area contributed by atoms with Crippen LogP contribution in [0.3, 0.4) is 0 Å². The number of aliphatic imine (C=N–C) groups is 1. The van der Waals surface area contributed by atoms with Crippen molar-refractivity contribution in [3.8, 4) is 11.4 Å². The Morgan fingerprint density at radius 1 is 0.914 bits per heavy atom. The Balaban J connectivity index is 1.48. The Morgan fingerprint density at radius 3 is 2.14 bits per heavy atom. The highest BCUT2D eigenvalue weighted by molar-refractivity contribution is 5.91. The Hall–Kier alpha value is -4.19. The summed E-state index contributed by atoms with van der Waals surface area (Å²) in [7, 11) is 1.84. The maximum absolute atomic E-state index is 13.0. The van der Waals surface area contributed by atoms with E-state index in [-0.39, 0.29) is 11.0 Å². The van der Waals surface area contributed by atoms with Crippen molar-refractivity contribution in [1.29, 1.82) is 0 Å². The van der Waals surface area contributed by atoms with Gasteiger partial charge in [-0.3, -0.25) is 9.48 Å². The van der Waals surface area contributed by atoms with Gasteiger partial charge in [-0.25, -0.2) is 14.5 Å². The number of nitrogens with zero attached hydrogens (tertiary/aromatic N) is 3. The molecule has 0 fully saturated rings. The van der Waals surface area contributed by atoms with Crippen molar-refractivity contribution in [2.75, 3.05) is 0 Å². The van der Waals surface area contributed by atoms with Gasteiger partial charge in [-0.1, -0.05) is 51.1 Å². The summed E-state index contributed by atoms with van der Waals surface area (Å²) in [4.78, 5) is 30.0. The molecule has 0 unspecified atom stereocenters. The normalized spacial score (nSPS) is 11.7. The molecule has 0 atom stereocenters. The molecule has 1 heterocycles. The Bertz CT molecular complexity index is 1420. The third-order valence-corrected chi connectivity index (χ3v) is 5.94. The lowest BCUT2D eigenvalue weighted by Crippen LogP contribution is -2.19. The number of ether oxygens (including phenoxy) is 1. The van der Waals surface area contributed by atoms with E-state index in [4.69, 9.17) is 4.74 Å². The van der Waals surface area contributed by atoms with E-state index < -0.39 is 5.97 Å². The summed E-state index contributed by atoms with van der Waals surface area (Å²) in [5.41, 5.74) is 4.20. The number of carbonyl (C=O) groups is 1. The van der Waals surface area contributed by atoms with Crippen molar-refractivity contribution in [1.82, 2.24) is 9.36 Å². The van der Waals surface area contributed by atoms with E-state index in [0.29, 0.717) is 17.0 Å². The first kappa shape index (κ1) is 24.0. The van der Waals surface area contributed by atoms with Crippen molar-refractivity contribution in [3.05, 3.63) is 112 Å². The molecule has 0 aliphatic heterocycles. The molecule has 0 aliphatic carbocycles. The van der Waals surface area contributed by atoms with E-state index in [2.05, 4.69) is 25.8 Å². The van der Waals surface area contributed by atoms with Gasteiger partial charge in [0, 0.05) is 13.3 Å². The van der Waals surface area contributed by atoms with Gasteiger partial charge in [0.15, 0.2) is 5.69 Å². The fraction of sp³-hybridized carbons (Fsp3) is 0.207. The molecule has 4 rings (SSSR count). The second kappa shape index (κ2) is 9.58. The number of hydrogen-bond acceptors (Lipinski definition) is 4. The first-order chi connectivity index (χ1) is 16.6. The van der Waals surface area contributed by atoms with Crippen LogP contribution in [0.25, 0.3) is 5.69 Å². The smallest absolute Gasteiger partial charge is 0.343 e. The van der Waals surface area contributed by atoms with E-state index in [9.17, 15) is 9.59 Å². The average Bonchev–Trinajstić information content (AvgIpc) is 3.06. The van der Waals surface area contributed by atoms with Crippen LogP contribution < -0.4 is 10.3 Å². The van der Waals surface area contributed by atoms with Crippen LogP contribution in [0.5, 0.6) is 5.75 Å². The van der Waals surface area contributed by atoms with Crippen LogP contribution in [-0.2, 0) is 12.5 Å². The van der Waals surface area contributed by atoms with Gasteiger partial charge in [0.05, 0.1) is 16.9 Å². The predicted octanol–water partition coefficient (Wildman–Crippen LogP) is 5.75. The van der Waals surface area contributed by atoms with Crippen molar-refractivity contribution in [3.63, 3.8) is 0 Å². The third kappa shape index (κ3) is 5.17. The number of rotatable bonds is 5. The second-order valence-electron chi connectivity index (χ2n) is 9.45. The quantitative estimate of drug-likeness (QED) is 0.213. The summed E-state index contributed by atoms with van der Waals surface area (Å²) in [5.74, 6) is 0.0302. The van der Waals surface area contributed by atoms with Gasteiger partial charge in [0.25, 0.3) is 5.56 Å². The van der Waals surface area contributed by atoms with E-state index in [0.717, 1.165) is 22.5 Å². The van der Waals surface area contributed by atoms with Gasteiger partial charge in [-0.05, 0) is 72.0 Å². The van der Waals surface area contributed by atoms with Gasteiger partial charge >= 0.3 is 5.97 Å². The number of esters is 1. The summed E-state index contributed by atoms with van der Waals surface area (Å²) < 4.78 is 8.90. The maximum atomic E-state index is 13.0. The monoisotopic (exact) mass is 467 g/mol. The minimum atomic E-state index is -0.409. The molecule has 0 amide bonds. The standard InChI is InChI=1S/C29H29N3O3/c1-20-26(27(33)32(31(20)5)24-9-7-6-8-10-24)30-19-21-11-17-25(18-12-21)35-28(34)22-13-15-23(16-14-22)29(2,3)4/h6-19H,1-5H3. The molecule has 3 aromatic carbocycles. The molecule has 1 aromatic heterocycles. The molecular formula is C29H29N3O3. The zero-order chi connectivity index (χ0) is 25.2. The van der Waals surface area contributed by atoms with E-state index in [1.54, 1.807) is 52.0 Å². The predicted molar refractivity (Wildman–Crippen MR) is 140 cm³/mol. The van der Waals surface area contributed by atoms with Crippen molar-refractivity contribution >= 4 is 17.9 Å². The lowest BCUT2D eigenvalue weighted by atomic mass is 9.87. The lowest BCUT2D eigenvalue weighted by molar-refractivity contribution is 0.0734. The van der Waals surface area contributed by atoms with Gasteiger partial charge in [0.2, 0.25) is 0 Å². The molecule has 35 heavy (non-hydrogen) atoms. The molecule has 0 aliphatic rings. The molecule has 4 aromatic rings. The Labute approximate surface area is 205 Å². The highest BCUT2D eigenvalue weighted by Gasteiger charge is 2.16. The van der Waals surface area contributed by atoms with Crippen LogP contribution in [0.15, 0.2) is 88.6 Å². The number of hydrogen-bond donors (Lipinski definition) is 0. The van der Waals surface area contributed by atoms with Gasteiger partial charge in [-0.15, -0.1) is 0 Å². The number of para-hydroxylation sites is 1. The van der Waals surface area contributed by atoms with Crippen molar-refractivity contribution in [2.45, 2.75) is 33.1 Å². The molecule has 6 heteroatoms. The number of aromatic nitrogens is 2. The molecule has 0 saturated heterocycles. The maximum Gasteiger partial charge on any atom is 0.343 e. The van der Waals surface area contributed by atoms with Crippen LogP contribution in [0.2, 0.25) is 0 Å². The highest BCUT2D eigenvalue weighted by Crippen LogP contribution is 2.23. The summed E-state index contributed by atoms with van der Waals surface area (Å²) in [6.07, 6.45) is 1.63. The number of carbonyl (C=O) groups excluding carboxylic acids is 1. The van der Waals surface area contributed by atoms with Crippen molar-refractivity contribution < 1.29 is 9.53 Å². The zero-order valence-electron chi connectivity index (χ0n) is 20.6. The molecule has 0 bridgehead atoms. The van der Waals surface area contributed by atoms with Gasteiger partial charge in [0.1, 0.15) is 5.75 Å².